The molecule has 1 amide bonds. The summed E-state index contributed by atoms with van der Waals surface area (Å²) in [7, 11) is 0. The Hall–Kier alpha value is -1.94. The minimum Gasteiger partial charge on any atom is -0.356 e. The molecular formula is C16H23N7OS2. The highest BCUT2D eigenvalue weighted by Gasteiger charge is 2.31. The molecule has 0 radical (unpaired) electrons. The third-order valence-corrected chi connectivity index (χ3v) is 6.30. The molecule has 2 aromatic rings. The molecule has 8 nitrogen and oxygen atoms in total. The van der Waals surface area contributed by atoms with E-state index in [-0.39, 0.29) is 17.9 Å². The molecular weight excluding hydrogens is 370 g/mol. The Morgan fingerprint density at radius 1 is 1.35 bits per heavy atom. The number of unbranched alkanes of at least 4 members (excludes halogenated alkanes) is 1. The maximum atomic E-state index is 12.4. The molecule has 26 heavy (non-hydrogen) atoms. The van der Waals surface area contributed by atoms with Gasteiger partial charge >= 0.3 is 0 Å². The van der Waals surface area contributed by atoms with Crippen LogP contribution in [-0.2, 0) is 4.79 Å². The van der Waals surface area contributed by atoms with E-state index in [1.807, 2.05) is 6.92 Å². The van der Waals surface area contributed by atoms with Crippen LogP contribution in [0.2, 0.25) is 0 Å². The quantitative estimate of drug-likeness (QED) is 0.460. The second kappa shape index (κ2) is 8.63. The van der Waals surface area contributed by atoms with E-state index in [4.69, 9.17) is 0 Å². The molecule has 140 valence electrons. The summed E-state index contributed by atoms with van der Waals surface area (Å²) in [6.07, 6.45) is 4.69. The van der Waals surface area contributed by atoms with Crippen LogP contribution in [0.15, 0.2) is 10.7 Å². The van der Waals surface area contributed by atoms with Crippen LogP contribution in [-0.4, -0.2) is 37.9 Å². The summed E-state index contributed by atoms with van der Waals surface area (Å²) in [5.41, 5.74) is 0.549. The Kier molecular flexibility index (Phi) is 6.25. The Morgan fingerprint density at radius 3 is 2.96 bits per heavy atom. The van der Waals surface area contributed by atoms with Gasteiger partial charge in [0.05, 0.1) is 0 Å². The van der Waals surface area contributed by atoms with Crippen molar-refractivity contribution < 1.29 is 4.79 Å². The smallest absolute Gasteiger partial charge is 0.247 e. The van der Waals surface area contributed by atoms with Gasteiger partial charge in [-0.25, -0.2) is 9.97 Å². The number of anilines is 4. The normalized spacial score (nSPS) is 17.2. The predicted molar refractivity (Wildman–Crippen MR) is 106 cm³/mol. The van der Waals surface area contributed by atoms with E-state index in [2.05, 4.69) is 50.0 Å². The van der Waals surface area contributed by atoms with Gasteiger partial charge in [-0.15, -0.1) is 10.2 Å². The lowest BCUT2D eigenvalue weighted by atomic mass is 9.97. The number of aromatic nitrogens is 4. The number of carbonyl (C=O) groups excluding carboxylic acids is 1. The van der Waals surface area contributed by atoms with Gasteiger partial charge in [-0.1, -0.05) is 56.7 Å². The molecule has 2 atom stereocenters. The minimum absolute atomic E-state index is 0.0715. The van der Waals surface area contributed by atoms with E-state index in [1.165, 1.54) is 17.7 Å². The average Bonchev–Trinajstić information content (AvgIpc) is 3.09. The molecule has 0 aliphatic carbocycles. The highest BCUT2D eigenvalue weighted by molar-refractivity contribution is 8.01. The maximum Gasteiger partial charge on any atom is 0.247 e. The number of nitrogens with zero attached hydrogens (tertiary/aromatic N) is 4. The highest BCUT2D eigenvalue weighted by atomic mass is 32.2. The van der Waals surface area contributed by atoms with Gasteiger partial charge in [-0.3, -0.25) is 4.79 Å². The number of hydrogen-bond acceptors (Lipinski definition) is 9. The third-order valence-electron chi connectivity index (χ3n) is 4.24. The van der Waals surface area contributed by atoms with Crippen molar-refractivity contribution in [2.75, 3.05) is 21.7 Å². The number of thioether (sulfide) groups is 1. The van der Waals surface area contributed by atoms with Crippen LogP contribution < -0.4 is 16.0 Å². The van der Waals surface area contributed by atoms with Crippen LogP contribution in [0.4, 0.5) is 22.5 Å². The third kappa shape index (κ3) is 4.24. The van der Waals surface area contributed by atoms with E-state index < -0.39 is 0 Å². The molecule has 10 heteroatoms. The first-order valence-electron chi connectivity index (χ1n) is 8.78. The fourth-order valence-corrected chi connectivity index (χ4v) is 4.39. The van der Waals surface area contributed by atoms with Crippen LogP contribution in [0.1, 0.15) is 40.0 Å². The Balaban J connectivity index is 1.74. The first-order chi connectivity index (χ1) is 12.6. The molecule has 2 unspecified atom stereocenters. The van der Waals surface area contributed by atoms with Gasteiger partial charge in [0.15, 0.2) is 16.0 Å². The molecule has 0 aromatic carbocycles. The van der Waals surface area contributed by atoms with Gasteiger partial charge in [0.1, 0.15) is 18.1 Å². The lowest BCUT2D eigenvalue weighted by Gasteiger charge is -2.30. The summed E-state index contributed by atoms with van der Waals surface area (Å²) in [5, 5.41) is 18.3. The molecule has 3 N–H and O–H groups in total. The molecule has 2 aromatic heterocycles. The molecule has 1 aliphatic rings. The molecule has 0 saturated carbocycles. The first-order valence-corrected chi connectivity index (χ1v) is 10.6. The van der Waals surface area contributed by atoms with Crippen LogP contribution in [0.25, 0.3) is 0 Å². The van der Waals surface area contributed by atoms with Gasteiger partial charge < -0.3 is 16.0 Å². The van der Waals surface area contributed by atoms with E-state index in [1.54, 1.807) is 11.8 Å². The summed E-state index contributed by atoms with van der Waals surface area (Å²) >= 11 is 3.18. The standard InChI is InChI=1S/C16H23N7OS2/c1-4-6-7-25-16-23-22-15(26-16)21-13-11-12(17-8-18-13)19-10(9(3)5-2)14(24)20-11/h8-10H,4-7H2,1-3H3,(H,20,24)(H2,17,18,19,21,22). The fraction of sp³-hybridized carbons (Fsp3) is 0.562. The molecule has 3 rings (SSSR count). The van der Waals surface area contributed by atoms with Gasteiger partial charge in [0.2, 0.25) is 11.0 Å². The van der Waals surface area contributed by atoms with E-state index in [0.29, 0.717) is 22.5 Å². The average molecular weight is 394 g/mol. The number of hydrogen-bond donors (Lipinski definition) is 3. The number of amides is 1. The van der Waals surface area contributed by atoms with Gasteiger partial charge in [-0.05, 0) is 12.3 Å². The minimum atomic E-state index is -0.293. The van der Waals surface area contributed by atoms with Crippen LogP contribution in [0.5, 0.6) is 0 Å². The molecule has 0 fully saturated rings. The lowest BCUT2D eigenvalue weighted by Crippen LogP contribution is -2.43. The monoisotopic (exact) mass is 393 g/mol. The van der Waals surface area contributed by atoms with Gasteiger partial charge in [-0.2, -0.15) is 0 Å². The number of fused-ring (bicyclic) bond motifs is 1. The zero-order valence-corrected chi connectivity index (χ0v) is 16.7. The molecule has 0 spiro atoms. The zero-order valence-electron chi connectivity index (χ0n) is 15.1. The predicted octanol–water partition coefficient (Wildman–Crippen LogP) is 3.74. The number of rotatable bonds is 8. The fourth-order valence-electron chi connectivity index (χ4n) is 2.48. The molecule has 0 saturated heterocycles. The van der Waals surface area contributed by atoms with Crippen LogP contribution in [0.3, 0.4) is 0 Å². The largest absolute Gasteiger partial charge is 0.356 e. The van der Waals surface area contributed by atoms with E-state index in [0.717, 1.165) is 29.4 Å². The summed E-state index contributed by atoms with van der Waals surface area (Å²) in [4.78, 5) is 20.9. The summed E-state index contributed by atoms with van der Waals surface area (Å²) < 4.78 is 0.919. The molecule has 3 heterocycles. The Morgan fingerprint density at radius 2 is 2.19 bits per heavy atom. The van der Waals surface area contributed by atoms with Crippen molar-refractivity contribution >= 4 is 51.5 Å². The maximum absolute atomic E-state index is 12.4. The van der Waals surface area contributed by atoms with Gasteiger partial charge in [0, 0.05) is 5.75 Å². The number of nitrogens with one attached hydrogen (secondary N) is 3. The summed E-state index contributed by atoms with van der Waals surface area (Å²) in [6.45, 7) is 6.27. The molecule has 0 bridgehead atoms. The molecule has 1 aliphatic heterocycles. The van der Waals surface area contributed by atoms with Crippen molar-refractivity contribution in [2.24, 2.45) is 5.92 Å². The van der Waals surface area contributed by atoms with E-state index >= 15 is 0 Å². The van der Waals surface area contributed by atoms with Crippen LogP contribution in [0, 0.1) is 5.92 Å². The number of carbonyl (C=O) groups is 1. The van der Waals surface area contributed by atoms with Crippen LogP contribution >= 0.6 is 23.1 Å². The van der Waals surface area contributed by atoms with Crippen molar-refractivity contribution in [2.45, 2.75) is 50.4 Å². The summed E-state index contributed by atoms with van der Waals surface area (Å²) in [6, 6.07) is -0.293. The Labute approximate surface area is 161 Å². The van der Waals surface area contributed by atoms with E-state index in [9.17, 15) is 4.79 Å². The van der Waals surface area contributed by atoms with Crippen molar-refractivity contribution in [1.82, 2.24) is 20.2 Å². The summed E-state index contributed by atoms with van der Waals surface area (Å²) in [5.74, 6) is 2.30. The second-order valence-corrected chi connectivity index (χ2v) is 8.46. The topological polar surface area (TPSA) is 105 Å². The van der Waals surface area contributed by atoms with Crippen molar-refractivity contribution in [1.29, 1.82) is 0 Å². The van der Waals surface area contributed by atoms with Crippen molar-refractivity contribution in [3.05, 3.63) is 6.33 Å². The van der Waals surface area contributed by atoms with Gasteiger partial charge in [0.25, 0.3) is 0 Å². The second-order valence-electron chi connectivity index (χ2n) is 6.14. The Bertz CT molecular complexity index is 767. The lowest BCUT2D eigenvalue weighted by molar-refractivity contribution is -0.118. The zero-order chi connectivity index (χ0) is 18.5. The van der Waals surface area contributed by atoms with Crippen molar-refractivity contribution in [3.8, 4) is 0 Å². The van der Waals surface area contributed by atoms with Crippen molar-refractivity contribution in [3.63, 3.8) is 0 Å². The first kappa shape index (κ1) is 18.8. The SMILES string of the molecule is CCCCSc1nnc(Nc2ncnc3c2NC(=O)C(C(C)CC)N3)s1. The highest BCUT2D eigenvalue weighted by Crippen LogP contribution is 2.35.